The van der Waals surface area contributed by atoms with Crippen LogP contribution in [0.2, 0.25) is 0 Å². The van der Waals surface area contributed by atoms with Gasteiger partial charge < -0.3 is 5.32 Å². The number of carbonyl (C=O) groups excluding carboxylic acids is 2. The number of piperazine rings is 1. The summed E-state index contributed by atoms with van der Waals surface area (Å²) in [6.07, 6.45) is -4.63. The van der Waals surface area contributed by atoms with Crippen LogP contribution in [-0.4, -0.2) is 23.9 Å². The van der Waals surface area contributed by atoms with Crippen molar-refractivity contribution in [2.45, 2.75) is 32.1 Å². The molecule has 8 heteroatoms. The molecule has 1 aliphatic rings. The topological polar surface area (TPSA) is 49.4 Å². The van der Waals surface area contributed by atoms with Crippen molar-refractivity contribution in [3.05, 3.63) is 28.2 Å². The van der Waals surface area contributed by atoms with Crippen molar-refractivity contribution in [1.29, 1.82) is 0 Å². The first-order valence-corrected chi connectivity index (χ1v) is 6.92. The number of hydrogen-bond donors (Lipinski definition) is 1. The van der Waals surface area contributed by atoms with Gasteiger partial charge in [-0.25, -0.2) is 0 Å². The molecular weight excluding hydrogens is 353 g/mol. The molecule has 0 aliphatic carbocycles. The molecule has 114 valence electrons. The molecule has 2 rings (SSSR count). The quantitative estimate of drug-likeness (QED) is 0.832. The minimum absolute atomic E-state index is 0.244. The summed E-state index contributed by atoms with van der Waals surface area (Å²) >= 11 is 2.98. The number of halogens is 4. The van der Waals surface area contributed by atoms with Crippen LogP contribution in [0, 0.1) is 0 Å². The van der Waals surface area contributed by atoms with Crippen LogP contribution in [0.4, 0.5) is 18.9 Å². The Morgan fingerprint density at radius 1 is 1.24 bits per heavy atom. The van der Waals surface area contributed by atoms with E-state index in [4.69, 9.17) is 0 Å². The zero-order valence-corrected chi connectivity index (χ0v) is 12.7. The summed E-state index contributed by atoms with van der Waals surface area (Å²) in [5.41, 5.74) is -1.27. The van der Waals surface area contributed by atoms with Crippen LogP contribution in [-0.2, 0) is 15.8 Å². The predicted octanol–water partition coefficient (Wildman–Crippen LogP) is 2.71. The highest BCUT2D eigenvalue weighted by Crippen LogP contribution is 2.39. The average Bonchev–Trinajstić information content (AvgIpc) is 2.37. The summed E-state index contributed by atoms with van der Waals surface area (Å²) in [7, 11) is 0. The number of benzene rings is 1. The molecule has 2 unspecified atom stereocenters. The summed E-state index contributed by atoms with van der Waals surface area (Å²) in [6, 6.07) is 1.62. The fraction of sp³-hybridized carbons (Fsp3) is 0.385. The Kier molecular flexibility index (Phi) is 4.01. The Bertz CT molecular complexity index is 604. The van der Waals surface area contributed by atoms with Gasteiger partial charge in [-0.1, -0.05) is 15.9 Å². The van der Waals surface area contributed by atoms with Gasteiger partial charge in [0.2, 0.25) is 11.8 Å². The van der Waals surface area contributed by atoms with Crippen LogP contribution in [0.25, 0.3) is 0 Å². The highest BCUT2D eigenvalue weighted by Gasteiger charge is 2.42. The third-order valence-corrected chi connectivity index (χ3v) is 3.75. The number of alkyl halides is 3. The van der Waals surface area contributed by atoms with Crippen LogP contribution in [0.1, 0.15) is 19.4 Å². The number of amides is 2. The number of anilines is 1. The van der Waals surface area contributed by atoms with Crippen molar-refractivity contribution < 1.29 is 22.8 Å². The maximum atomic E-state index is 13.2. The maximum Gasteiger partial charge on any atom is 0.418 e. The second-order valence-corrected chi connectivity index (χ2v) is 5.69. The van der Waals surface area contributed by atoms with Gasteiger partial charge in [0.05, 0.1) is 11.3 Å². The monoisotopic (exact) mass is 364 g/mol. The fourth-order valence-corrected chi connectivity index (χ4v) is 2.55. The van der Waals surface area contributed by atoms with E-state index in [1.54, 1.807) is 0 Å². The average molecular weight is 365 g/mol. The molecule has 1 N–H and O–H groups in total. The van der Waals surface area contributed by atoms with Crippen molar-refractivity contribution >= 4 is 33.4 Å². The first-order valence-electron chi connectivity index (χ1n) is 6.13. The largest absolute Gasteiger partial charge is 0.418 e. The number of rotatable bonds is 1. The first-order chi connectivity index (χ1) is 9.62. The zero-order valence-electron chi connectivity index (χ0n) is 11.2. The number of nitrogens with zero attached hydrogens (tertiary/aromatic N) is 1. The van der Waals surface area contributed by atoms with Crippen molar-refractivity contribution in [3.8, 4) is 0 Å². The van der Waals surface area contributed by atoms with Gasteiger partial charge in [-0.2, -0.15) is 13.2 Å². The molecule has 2 amide bonds. The van der Waals surface area contributed by atoms with E-state index in [-0.39, 0.29) is 10.2 Å². The van der Waals surface area contributed by atoms with Gasteiger partial charge in [0.25, 0.3) is 0 Å². The van der Waals surface area contributed by atoms with Crippen molar-refractivity contribution in [2.75, 3.05) is 4.90 Å². The zero-order chi connectivity index (χ0) is 15.9. The van der Waals surface area contributed by atoms with Gasteiger partial charge in [-0.15, -0.1) is 0 Å². The van der Waals surface area contributed by atoms with Gasteiger partial charge in [-0.05, 0) is 32.0 Å². The molecule has 1 heterocycles. The smallest absolute Gasteiger partial charge is 0.343 e. The number of hydrogen-bond acceptors (Lipinski definition) is 2. The predicted molar refractivity (Wildman–Crippen MR) is 73.7 cm³/mol. The minimum Gasteiger partial charge on any atom is -0.343 e. The molecule has 0 aromatic heterocycles. The fourth-order valence-electron chi connectivity index (χ4n) is 2.19. The van der Waals surface area contributed by atoms with E-state index in [0.29, 0.717) is 0 Å². The molecule has 2 atom stereocenters. The molecule has 1 aliphatic heterocycles. The number of carbonyl (C=O) groups is 2. The molecule has 1 fully saturated rings. The summed E-state index contributed by atoms with van der Waals surface area (Å²) in [6.45, 7) is 2.83. The first kappa shape index (κ1) is 15.8. The lowest BCUT2D eigenvalue weighted by Crippen LogP contribution is -2.62. The second-order valence-electron chi connectivity index (χ2n) is 4.77. The summed E-state index contributed by atoms with van der Waals surface area (Å²) in [4.78, 5) is 24.8. The van der Waals surface area contributed by atoms with E-state index in [1.165, 1.54) is 26.0 Å². The maximum absolute atomic E-state index is 13.2. The van der Waals surface area contributed by atoms with Gasteiger partial charge in [0.1, 0.15) is 12.1 Å². The van der Waals surface area contributed by atoms with Crippen LogP contribution >= 0.6 is 15.9 Å². The molecule has 21 heavy (non-hydrogen) atoms. The molecule has 1 aromatic carbocycles. The standard InChI is InChI=1S/C13H12BrF3N2O2/c1-6-12(21)19(7(2)11(20)18-6)10-4-3-8(14)5-9(10)13(15,16)17/h3-7H,1-2H3,(H,18,20). The van der Waals surface area contributed by atoms with Gasteiger partial charge in [0.15, 0.2) is 0 Å². The normalized spacial score (nSPS) is 23.2. The van der Waals surface area contributed by atoms with Crippen LogP contribution < -0.4 is 10.2 Å². The van der Waals surface area contributed by atoms with Crippen LogP contribution in [0.15, 0.2) is 22.7 Å². The van der Waals surface area contributed by atoms with Crippen molar-refractivity contribution in [3.63, 3.8) is 0 Å². The van der Waals surface area contributed by atoms with E-state index < -0.39 is 35.6 Å². The molecule has 1 saturated heterocycles. The van der Waals surface area contributed by atoms with E-state index >= 15 is 0 Å². The molecule has 0 spiro atoms. The third-order valence-electron chi connectivity index (χ3n) is 3.26. The van der Waals surface area contributed by atoms with Crippen LogP contribution in [0.3, 0.4) is 0 Å². The molecular formula is C13H12BrF3N2O2. The lowest BCUT2D eigenvalue weighted by atomic mass is 10.0. The van der Waals surface area contributed by atoms with E-state index in [1.807, 2.05) is 0 Å². The summed E-state index contributed by atoms with van der Waals surface area (Å²) in [5, 5.41) is 2.43. The molecule has 4 nitrogen and oxygen atoms in total. The Balaban J connectivity index is 2.59. The molecule has 0 radical (unpaired) electrons. The Morgan fingerprint density at radius 3 is 2.43 bits per heavy atom. The lowest BCUT2D eigenvalue weighted by molar-refractivity contribution is -0.138. The van der Waals surface area contributed by atoms with Crippen molar-refractivity contribution in [1.82, 2.24) is 5.32 Å². The number of nitrogens with one attached hydrogen (secondary N) is 1. The molecule has 0 bridgehead atoms. The van der Waals surface area contributed by atoms with Gasteiger partial charge >= 0.3 is 6.18 Å². The lowest BCUT2D eigenvalue weighted by Gasteiger charge is -2.37. The SMILES string of the molecule is CC1NC(=O)C(C)N(c2ccc(Br)cc2C(F)(F)F)C1=O. The summed E-state index contributed by atoms with van der Waals surface area (Å²) in [5.74, 6) is -1.06. The van der Waals surface area contributed by atoms with E-state index in [2.05, 4.69) is 21.2 Å². The third kappa shape index (κ3) is 2.90. The Morgan fingerprint density at radius 2 is 1.86 bits per heavy atom. The summed E-state index contributed by atoms with van der Waals surface area (Å²) < 4.78 is 39.8. The Hall–Kier alpha value is -1.57. The molecule has 1 aromatic rings. The molecule has 0 saturated carbocycles. The van der Waals surface area contributed by atoms with Crippen molar-refractivity contribution in [2.24, 2.45) is 0 Å². The van der Waals surface area contributed by atoms with E-state index in [0.717, 1.165) is 11.0 Å². The highest BCUT2D eigenvalue weighted by atomic mass is 79.9. The Labute approximate surface area is 127 Å². The van der Waals surface area contributed by atoms with Gasteiger partial charge in [0, 0.05) is 4.47 Å². The minimum atomic E-state index is -4.63. The second kappa shape index (κ2) is 5.32. The van der Waals surface area contributed by atoms with Crippen LogP contribution in [0.5, 0.6) is 0 Å². The van der Waals surface area contributed by atoms with E-state index in [9.17, 15) is 22.8 Å². The highest BCUT2D eigenvalue weighted by molar-refractivity contribution is 9.10. The van der Waals surface area contributed by atoms with Gasteiger partial charge in [-0.3, -0.25) is 14.5 Å².